The van der Waals surface area contributed by atoms with Crippen LogP contribution in [0.4, 0.5) is 0 Å². The third-order valence-electron chi connectivity index (χ3n) is 2.14. The summed E-state index contributed by atoms with van der Waals surface area (Å²) in [6.45, 7) is 1.93. The van der Waals surface area contributed by atoms with Gasteiger partial charge in [-0.2, -0.15) is 0 Å². The number of ether oxygens (including phenoxy) is 1. The summed E-state index contributed by atoms with van der Waals surface area (Å²) in [5.74, 6) is -0.146. The zero-order chi connectivity index (χ0) is 11.3. The van der Waals surface area contributed by atoms with Crippen molar-refractivity contribution in [2.75, 3.05) is 7.11 Å². The van der Waals surface area contributed by atoms with Crippen LogP contribution in [-0.4, -0.2) is 18.2 Å². The average molecular weight is 206 g/mol. The van der Waals surface area contributed by atoms with E-state index in [1.807, 2.05) is 31.2 Å². The van der Waals surface area contributed by atoms with Gasteiger partial charge in [0.1, 0.15) is 5.75 Å². The van der Waals surface area contributed by atoms with Gasteiger partial charge in [-0.05, 0) is 29.7 Å². The van der Waals surface area contributed by atoms with Gasteiger partial charge in [-0.3, -0.25) is 0 Å². The summed E-state index contributed by atoms with van der Waals surface area (Å²) in [4.78, 5) is 10.6. The van der Waals surface area contributed by atoms with E-state index in [0.717, 1.165) is 16.9 Å². The van der Waals surface area contributed by atoms with Gasteiger partial charge in [0.15, 0.2) is 0 Å². The number of carboxylic acid groups (broad SMARTS) is 1. The molecular weight excluding hydrogens is 192 g/mol. The molecule has 0 unspecified atom stereocenters. The van der Waals surface area contributed by atoms with E-state index in [-0.39, 0.29) is 0 Å². The van der Waals surface area contributed by atoms with Crippen LogP contribution in [0.25, 0.3) is 5.57 Å². The average Bonchev–Trinajstić information content (AvgIpc) is 2.26. The van der Waals surface area contributed by atoms with Crippen molar-refractivity contribution < 1.29 is 14.6 Å². The highest BCUT2D eigenvalue weighted by Gasteiger charge is 2.02. The van der Waals surface area contributed by atoms with Crippen LogP contribution >= 0.6 is 0 Å². The van der Waals surface area contributed by atoms with Crippen molar-refractivity contribution in [3.05, 3.63) is 35.9 Å². The van der Waals surface area contributed by atoms with E-state index in [2.05, 4.69) is 0 Å². The highest BCUT2D eigenvalue weighted by Crippen LogP contribution is 2.20. The molecule has 0 bridgehead atoms. The van der Waals surface area contributed by atoms with E-state index in [1.54, 1.807) is 7.11 Å². The van der Waals surface area contributed by atoms with Crippen LogP contribution in [0.1, 0.15) is 18.9 Å². The molecule has 0 saturated carbocycles. The molecule has 0 aromatic heterocycles. The van der Waals surface area contributed by atoms with E-state index < -0.39 is 5.97 Å². The third kappa shape index (κ3) is 3.13. The van der Waals surface area contributed by atoms with Gasteiger partial charge in [-0.25, -0.2) is 4.79 Å². The van der Waals surface area contributed by atoms with Crippen molar-refractivity contribution in [2.45, 2.75) is 13.3 Å². The van der Waals surface area contributed by atoms with Gasteiger partial charge in [-0.1, -0.05) is 19.1 Å². The predicted molar refractivity (Wildman–Crippen MR) is 58.9 cm³/mol. The minimum atomic E-state index is -0.914. The SMILES string of the molecule is CC/C(=C/C(=O)O)c1ccc(OC)cc1. The first-order valence-electron chi connectivity index (χ1n) is 4.75. The van der Waals surface area contributed by atoms with Crippen LogP contribution in [0.2, 0.25) is 0 Å². The van der Waals surface area contributed by atoms with Crippen molar-refractivity contribution in [3.63, 3.8) is 0 Å². The molecule has 3 heteroatoms. The Morgan fingerprint density at radius 2 is 2.00 bits per heavy atom. The Labute approximate surface area is 89.0 Å². The van der Waals surface area contributed by atoms with Crippen LogP contribution in [0, 0.1) is 0 Å². The lowest BCUT2D eigenvalue weighted by Gasteiger charge is -2.05. The Balaban J connectivity index is 2.98. The van der Waals surface area contributed by atoms with Crippen molar-refractivity contribution >= 4 is 11.5 Å². The van der Waals surface area contributed by atoms with Crippen molar-refractivity contribution in [1.29, 1.82) is 0 Å². The quantitative estimate of drug-likeness (QED) is 0.770. The molecule has 15 heavy (non-hydrogen) atoms. The van der Waals surface area contributed by atoms with Gasteiger partial charge in [0.25, 0.3) is 0 Å². The summed E-state index contributed by atoms with van der Waals surface area (Å²) in [6.07, 6.45) is 1.93. The van der Waals surface area contributed by atoms with E-state index in [1.165, 1.54) is 6.08 Å². The first-order chi connectivity index (χ1) is 7.17. The number of methoxy groups -OCH3 is 1. The smallest absolute Gasteiger partial charge is 0.328 e. The number of carbonyl (C=O) groups is 1. The Morgan fingerprint density at radius 3 is 2.40 bits per heavy atom. The first-order valence-corrected chi connectivity index (χ1v) is 4.75. The predicted octanol–water partition coefficient (Wildman–Crippen LogP) is 2.57. The van der Waals surface area contributed by atoms with Gasteiger partial charge >= 0.3 is 5.97 Å². The van der Waals surface area contributed by atoms with Gasteiger partial charge in [0.05, 0.1) is 7.11 Å². The monoisotopic (exact) mass is 206 g/mol. The maximum Gasteiger partial charge on any atom is 0.328 e. The van der Waals surface area contributed by atoms with Crippen molar-refractivity contribution in [1.82, 2.24) is 0 Å². The van der Waals surface area contributed by atoms with E-state index in [0.29, 0.717) is 6.42 Å². The maximum atomic E-state index is 10.6. The lowest BCUT2D eigenvalue weighted by atomic mass is 10.0. The molecule has 0 fully saturated rings. The summed E-state index contributed by atoms with van der Waals surface area (Å²) in [5.41, 5.74) is 1.73. The lowest BCUT2D eigenvalue weighted by molar-refractivity contribution is -0.131. The fraction of sp³-hybridized carbons (Fsp3) is 0.250. The molecule has 0 saturated heterocycles. The van der Waals surface area contributed by atoms with Crippen molar-refractivity contribution in [2.24, 2.45) is 0 Å². The Bertz CT molecular complexity index is 363. The second-order valence-corrected chi connectivity index (χ2v) is 3.09. The number of carboxylic acids is 1. The van der Waals surface area contributed by atoms with Crippen molar-refractivity contribution in [3.8, 4) is 5.75 Å². The number of rotatable bonds is 4. The van der Waals surface area contributed by atoms with Crippen LogP contribution in [-0.2, 0) is 4.79 Å². The summed E-state index contributed by atoms with van der Waals surface area (Å²) >= 11 is 0. The maximum absolute atomic E-state index is 10.6. The molecule has 0 aliphatic heterocycles. The molecule has 0 radical (unpaired) electrons. The summed E-state index contributed by atoms with van der Waals surface area (Å²) < 4.78 is 5.03. The molecule has 0 spiro atoms. The summed E-state index contributed by atoms with van der Waals surface area (Å²) in [6, 6.07) is 7.36. The number of benzene rings is 1. The zero-order valence-electron chi connectivity index (χ0n) is 8.86. The van der Waals surface area contributed by atoms with Crippen LogP contribution in [0.15, 0.2) is 30.3 Å². The molecule has 1 N–H and O–H groups in total. The Hall–Kier alpha value is -1.77. The van der Waals surface area contributed by atoms with Gasteiger partial charge in [0.2, 0.25) is 0 Å². The van der Waals surface area contributed by atoms with E-state index in [9.17, 15) is 4.79 Å². The van der Waals surface area contributed by atoms with Gasteiger partial charge in [0, 0.05) is 6.08 Å². The molecule has 0 aliphatic carbocycles. The Morgan fingerprint density at radius 1 is 1.40 bits per heavy atom. The van der Waals surface area contributed by atoms with Gasteiger partial charge in [-0.15, -0.1) is 0 Å². The largest absolute Gasteiger partial charge is 0.497 e. The molecule has 1 rings (SSSR count). The number of aliphatic carboxylic acids is 1. The van der Waals surface area contributed by atoms with Crippen LogP contribution in [0.5, 0.6) is 5.75 Å². The molecule has 0 atom stereocenters. The summed E-state index contributed by atoms with van der Waals surface area (Å²) in [5, 5.41) is 8.68. The number of hydrogen-bond acceptors (Lipinski definition) is 2. The molecule has 1 aromatic rings. The molecule has 3 nitrogen and oxygen atoms in total. The number of hydrogen-bond donors (Lipinski definition) is 1. The highest BCUT2D eigenvalue weighted by atomic mass is 16.5. The minimum absolute atomic E-state index is 0.693. The molecule has 0 aliphatic rings. The molecule has 0 heterocycles. The summed E-state index contributed by atoms with van der Waals surface area (Å²) in [7, 11) is 1.60. The third-order valence-corrected chi connectivity index (χ3v) is 2.14. The fourth-order valence-corrected chi connectivity index (χ4v) is 1.34. The molecule has 0 amide bonds. The molecule has 80 valence electrons. The molecular formula is C12H14O3. The first kappa shape index (κ1) is 11.3. The second-order valence-electron chi connectivity index (χ2n) is 3.09. The minimum Gasteiger partial charge on any atom is -0.497 e. The lowest BCUT2D eigenvalue weighted by Crippen LogP contribution is -1.92. The second kappa shape index (κ2) is 5.20. The zero-order valence-corrected chi connectivity index (χ0v) is 8.86. The normalized spacial score (nSPS) is 11.2. The standard InChI is InChI=1S/C12H14O3/c1-3-9(8-12(13)14)10-4-6-11(15-2)7-5-10/h4-8H,3H2,1-2H3,(H,13,14)/b9-8-. The van der Waals surface area contributed by atoms with E-state index in [4.69, 9.17) is 9.84 Å². The van der Waals surface area contributed by atoms with Gasteiger partial charge < -0.3 is 9.84 Å². The topological polar surface area (TPSA) is 46.5 Å². The highest BCUT2D eigenvalue weighted by molar-refractivity contribution is 5.89. The molecule has 1 aromatic carbocycles. The van der Waals surface area contributed by atoms with Crippen LogP contribution < -0.4 is 4.74 Å². The number of allylic oxidation sites excluding steroid dienone is 1. The Kier molecular flexibility index (Phi) is 3.92. The van der Waals surface area contributed by atoms with E-state index >= 15 is 0 Å². The fourth-order valence-electron chi connectivity index (χ4n) is 1.34. The van der Waals surface area contributed by atoms with Crippen LogP contribution in [0.3, 0.4) is 0 Å².